The number of nitrogens with two attached hydrogens (primary N) is 1. The number of carbonyl (C=O) groups excluding carboxylic acids is 1. The van der Waals surface area contributed by atoms with Gasteiger partial charge in [0.15, 0.2) is 17.0 Å². The first-order chi connectivity index (χ1) is 14.3. The highest BCUT2D eigenvalue weighted by atomic mass is 31.2. The summed E-state index contributed by atoms with van der Waals surface area (Å²) in [5.74, 6) is -0.0878. The molecular weight excluding hydrogens is 415 g/mol. The van der Waals surface area contributed by atoms with Crippen molar-refractivity contribution in [1.82, 2.24) is 19.5 Å². The number of benzene rings is 1. The van der Waals surface area contributed by atoms with Crippen molar-refractivity contribution < 1.29 is 28.4 Å². The van der Waals surface area contributed by atoms with Gasteiger partial charge in [-0.2, -0.15) is 0 Å². The fraction of sp³-hybridized carbons (Fsp3) is 0.294. The van der Waals surface area contributed by atoms with Gasteiger partial charge in [0.2, 0.25) is 0 Å². The van der Waals surface area contributed by atoms with Crippen LogP contribution in [0.1, 0.15) is 23.0 Å². The molecule has 0 unspecified atom stereocenters. The fourth-order valence-electron chi connectivity index (χ4n) is 3.18. The standard InChI is InChI=1S/C17H19N6O6P/c18-11-6-13(29-12(11)7-28-30(25,26)27)23-9-21-14-15(19-8-20-16(14)23)22-17(24)10-4-2-1-3-5-10/h1-5,8-9,11-13H,6-7,18H2,(H2,25,26,27)(H,19,20,22,24)/t11-,12+,13+/m0/s1. The fourth-order valence-corrected chi connectivity index (χ4v) is 3.52. The van der Waals surface area contributed by atoms with Crippen LogP contribution in [0.25, 0.3) is 11.2 Å². The highest BCUT2D eigenvalue weighted by Gasteiger charge is 2.36. The Kier molecular flexibility index (Phi) is 5.60. The average molecular weight is 434 g/mol. The predicted molar refractivity (Wildman–Crippen MR) is 104 cm³/mol. The largest absolute Gasteiger partial charge is 0.469 e. The van der Waals surface area contributed by atoms with E-state index in [0.717, 1.165) is 0 Å². The maximum Gasteiger partial charge on any atom is 0.469 e. The lowest BCUT2D eigenvalue weighted by atomic mass is 10.1. The van der Waals surface area contributed by atoms with Gasteiger partial charge in [-0.15, -0.1) is 0 Å². The van der Waals surface area contributed by atoms with Crippen LogP contribution in [0.4, 0.5) is 5.82 Å². The van der Waals surface area contributed by atoms with Crippen molar-refractivity contribution in [2.75, 3.05) is 11.9 Å². The normalized spacial score (nSPS) is 21.8. The monoisotopic (exact) mass is 434 g/mol. The Hall–Kier alpha value is -2.73. The van der Waals surface area contributed by atoms with Gasteiger partial charge in [-0.25, -0.2) is 19.5 Å². The second kappa shape index (κ2) is 8.19. The Morgan fingerprint density at radius 3 is 2.80 bits per heavy atom. The molecule has 0 bridgehead atoms. The molecule has 0 aliphatic carbocycles. The van der Waals surface area contributed by atoms with E-state index < -0.39 is 26.2 Å². The van der Waals surface area contributed by atoms with Crippen molar-refractivity contribution in [1.29, 1.82) is 0 Å². The first-order valence-corrected chi connectivity index (χ1v) is 10.5. The third-order valence-corrected chi connectivity index (χ3v) is 5.11. The second-order valence-electron chi connectivity index (χ2n) is 6.68. The number of ether oxygens (including phenoxy) is 1. The summed E-state index contributed by atoms with van der Waals surface area (Å²) in [4.78, 5) is 42.8. The molecule has 2 aromatic heterocycles. The molecule has 0 spiro atoms. The first kappa shape index (κ1) is 20.5. The van der Waals surface area contributed by atoms with Crippen LogP contribution in [0.15, 0.2) is 43.0 Å². The van der Waals surface area contributed by atoms with E-state index in [1.54, 1.807) is 28.8 Å². The Bertz CT molecular complexity index is 1100. The summed E-state index contributed by atoms with van der Waals surface area (Å²) in [6, 6.07) is 8.18. The Morgan fingerprint density at radius 1 is 1.30 bits per heavy atom. The minimum absolute atomic E-state index is 0.247. The lowest BCUT2D eigenvalue weighted by Gasteiger charge is -2.16. The molecule has 5 N–H and O–H groups in total. The number of hydrogen-bond donors (Lipinski definition) is 4. The summed E-state index contributed by atoms with van der Waals surface area (Å²) in [5.41, 5.74) is 7.29. The number of carbonyl (C=O) groups is 1. The van der Waals surface area contributed by atoms with Crippen molar-refractivity contribution in [3.05, 3.63) is 48.5 Å². The van der Waals surface area contributed by atoms with Gasteiger partial charge in [-0.05, 0) is 12.1 Å². The number of imidazole rings is 1. The Labute approximate surface area is 170 Å². The summed E-state index contributed by atoms with van der Waals surface area (Å²) in [6.45, 7) is -0.345. The van der Waals surface area contributed by atoms with Gasteiger partial charge in [0.05, 0.1) is 19.0 Å². The number of rotatable bonds is 6. The average Bonchev–Trinajstić information content (AvgIpc) is 3.30. The zero-order valence-electron chi connectivity index (χ0n) is 15.5. The minimum atomic E-state index is -4.62. The summed E-state index contributed by atoms with van der Waals surface area (Å²) in [5, 5.41) is 2.72. The molecule has 1 aliphatic heterocycles. The van der Waals surface area contributed by atoms with Crippen molar-refractivity contribution in [2.45, 2.75) is 24.8 Å². The third kappa shape index (κ3) is 4.38. The predicted octanol–water partition coefficient (Wildman–Crippen LogP) is 0.803. The van der Waals surface area contributed by atoms with E-state index in [9.17, 15) is 9.36 Å². The van der Waals surface area contributed by atoms with Gasteiger partial charge < -0.3 is 25.6 Å². The molecule has 12 nitrogen and oxygen atoms in total. The van der Waals surface area contributed by atoms with Gasteiger partial charge in [0, 0.05) is 18.0 Å². The lowest BCUT2D eigenvalue weighted by Crippen LogP contribution is -2.33. The maximum atomic E-state index is 12.4. The third-order valence-electron chi connectivity index (χ3n) is 4.63. The van der Waals surface area contributed by atoms with Gasteiger partial charge in [0.1, 0.15) is 12.6 Å². The van der Waals surface area contributed by atoms with Crippen LogP contribution in [-0.4, -0.2) is 54.0 Å². The summed E-state index contributed by atoms with van der Waals surface area (Å²) in [7, 11) is -4.62. The highest BCUT2D eigenvalue weighted by molar-refractivity contribution is 7.46. The molecule has 0 radical (unpaired) electrons. The van der Waals surface area contributed by atoms with E-state index in [-0.39, 0.29) is 18.3 Å². The molecule has 3 heterocycles. The van der Waals surface area contributed by atoms with Crippen LogP contribution in [-0.2, 0) is 13.8 Å². The van der Waals surface area contributed by atoms with Crippen molar-refractivity contribution in [3.63, 3.8) is 0 Å². The van der Waals surface area contributed by atoms with Crippen LogP contribution < -0.4 is 11.1 Å². The molecule has 0 saturated carbocycles. The molecule has 1 amide bonds. The topological polar surface area (TPSA) is 175 Å². The molecule has 1 aromatic carbocycles. The zero-order valence-corrected chi connectivity index (χ0v) is 16.4. The molecule has 4 rings (SSSR count). The van der Waals surface area contributed by atoms with E-state index >= 15 is 0 Å². The van der Waals surface area contributed by atoms with E-state index in [1.165, 1.54) is 12.7 Å². The molecule has 13 heteroatoms. The van der Waals surface area contributed by atoms with Gasteiger partial charge >= 0.3 is 7.82 Å². The lowest BCUT2D eigenvalue weighted by molar-refractivity contribution is -0.0230. The summed E-state index contributed by atoms with van der Waals surface area (Å²) < 4.78 is 22.8. The number of fused-ring (bicyclic) bond motifs is 1. The van der Waals surface area contributed by atoms with Gasteiger partial charge in [-0.3, -0.25) is 13.9 Å². The van der Waals surface area contributed by atoms with Crippen LogP contribution in [0.5, 0.6) is 0 Å². The number of aromatic nitrogens is 4. The van der Waals surface area contributed by atoms with E-state index in [0.29, 0.717) is 23.1 Å². The molecule has 30 heavy (non-hydrogen) atoms. The van der Waals surface area contributed by atoms with Gasteiger partial charge in [-0.1, -0.05) is 18.2 Å². The van der Waals surface area contributed by atoms with E-state index in [4.69, 9.17) is 20.3 Å². The van der Waals surface area contributed by atoms with Crippen LogP contribution in [0.2, 0.25) is 0 Å². The minimum Gasteiger partial charge on any atom is -0.351 e. The number of phosphoric ester groups is 1. The molecule has 158 valence electrons. The quantitative estimate of drug-likeness (QED) is 0.406. The first-order valence-electron chi connectivity index (χ1n) is 8.97. The smallest absolute Gasteiger partial charge is 0.351 e. The number of amides is 1. The van der Waals surface area contributed by atoms with Crippen molar-refractivity contribution in [3.8, 4) is 0 Å². The Morgan fingerprint density at radius 2 is 2.07 bits per heavy atom. The van der Waals surface area contributed by atoms with Crippen LogP contribution in [0, 0.1) is 0 Å². The number of nitrogens with one attached hydrogen (secondary N) is 1. The number of hydrogen-bond acceptors (Lipinski definition) is 8. The van der Waals surface area contributed by atoms with Crippen molar-refractivity contribution >= 4 is 30.7 Å². The highest BCUT2D eigenvalue weighted by Crippen LogP contribution is 2.38. The molecule has 3 atom stereocenters. The molecule has 1 saturated heterocycles. The number of anilines is 1. The number of nitrogens with zero attached hydrogens (tertiary/aromatic N) is 4. The Balaban J connectivity index is 1.54. The summed E-state index contributed by atoms with van der Waals surface area (Å²) in [6.07, 6.45) is 1.86. The zero-order chi connectivity index (χ0) is 21.3. The molecule has 3 aromatic rings. The summed E-state index contributed by atoms with van der Waals surface area (Å²) >= 11 is 0. The SMILES string of the molecule is N[C@H]1C[C@H](n2cnc3c(NC(=O)c4ccccc4)ncnc32)O[C@@H]1COP(=O)(O)O. The van der Waals surface area contributed by atoms with Crippen LogP contribution in [0.3, 0.4) is 0 Å². The maximum absolute atomic E-state index is 12.4. The van der Waals surface area contributed by atoms with E-state index in [2.05, 4.69) is 24.8 Å². The van der Waals surface area contributed by atoms with Gasteiger partial charge in [0.25, 0.3) is 5.91 Å². The molecular formula is C17H19N6O6P. The number of phosphoric acid groups is 1. The van der Waals surface area contributed by atoms with Crippen molar-refractivity contribution in [2.24, 2.45) is 5.73 Å². The van der Waals surface area contributed by atoms with Crippen LogP contribution >= 0.6 is 7.82 Å². The molecule has 1 aliphatic rings. The second-order valence-corrected chi connectivity index (χ2v) is 7.92. The molecule has 1 fully saturated rings. The van der Waals surface area contributed by atoms with E-state index in [1.807, 2.05) is 6.07 Å².